The molecular weight excluding hydrogens is 284 g/mol. The maximum absolute atomic E-state index is 6.18. The maximum atomic E-state index is 6.18. The van der Waals surface area contributed by atoms with Gasteiger partial charge >= 0.3 is 0 Å². The van der Waals surface area contributed by atoms with Gasteiger partial charge in [0.05, 0.1) is 6.10 Å². The van der Waals surface area contributed by atoms with Crippen molar-refractivity contribution in [2.75, 3.05) is 13.2 Å². The van der Waals surface area contributed by atoms with Gasteiger partial charge in [-0.1, -0.05) is 24.6 Å². The highest BCUT2D eigenvalue weighted by molar-refractivity contribution is 6.31. The maximum Gasteiger partial charge on any atom is 0.0754 e. The molecule has 0 aliphatic carbocycles. The Labute approximate surface area is 131 Å². The summed E-state index contributed by atoms with van der Waals surface area (Å²) >= 11 is 6.18. The highest BCUT2D eigenvalue weighted by atomic mass is 35.5. The Morgan fingerprint density at radius 3 is 3.10 bits per heavy atom. The number of nitrogens with zero attached hydrogens (tertiary/aromatic N) is 1. The van der Waals surface area contributed by atoms with Crippen molar-refractivity contribution in [2.45, 2.75) is 45.4 Å². The summed E-state index contributed by atoms with van der Waals surface area (Å²) in [6.45, 7) is 5.96. The van der Waals surface area contributed by atoms with Crippen molar-refractivity contribution in [3.05, 3.63) is 35.0 Å². The third-order valence-electron chi connectivity index (χ3n) is 4.09. The number of nitrogens with one attached hydrogen (secondary N) is 1. The summed E-state index contributed by atoms with van der Waals surface area (Å²) in [5.41, 5.74) is 2.56. The molecule has 4 heteroatoms. The molecule has 1 aromatic heterocycles. The van der Waals surface area contributed by atoms with E-state index in [1.54, 1.807) is 0 Å². The van der Waals surface area contributed by atoms with Crippen LogP contribution >= 0.6 is 11.6 Å². The van der Waals surface area contributed by atoms with Gasteiger partial charge in [-0.2, -0.15) is 0 Å². The lowest BCUT2D eigenvalue weighted by atomic mass is 10.2. The summed E-state index contributed by atoms with van der Waals surface area (Å²) in [6, 6.07) is 6.17. The Morgan fingerprint density at radius 2 is 2.33 bits per heavy atom. The van der Waals surface area contributed by atoms with Crippen molar-refractivity contribution < 1.29 is 4.74 Å². The van der Waals surface area contributed by atoms with Crippen molar-refractivity contribution in [1.82, 2.24) is 9.88 Å². The lowest BCUT2D eigenvalue weighted by Crippen LogP contribution is -2.15. The second kappa shape index (κ2) is 6.82. The van der Waals surface area contributed by atoms with Crippen molar-refractivity contribution >= 4 is 22.5 Å². The van der Waals surface area contributed by atoms with E-state index < -0.39 is 0 Å². The number of ether oxygens (including phenoxy) is 1. The van der Waals surface area contributed by atoms with E-state index in [-0.39, 0.29) is 0 Å². The Morgan fingerprint density at radius 1 is 1.43 bits per heavy atom. The quantitative estimate of drug-likeness (QED) is 0.817. The Bertz CT molecular complexity index is 602. The van der Waals surface area contributed by atoms with Gasteiger partial charge in [-0.3, -0.25) is 0 Å². The van der Waals surface area contributed by atoms with Gasteiger partial charge in [0.25, 0.3) is 0 Å². The Kier molecular flexibility index (Phi) is 4.84. The van der Waals surface area contributed by atoms with E-state index in [0.717, 1.165) is 44.1 Å². The molecule has 0 bridgehead atoms. The van der Waals surface area contributed by atoms with Crippen molar-refractivity contribution in [2.24, 2.45) is 0 Å². The van der Waals surface area contributed by atoms with Gasteiger partial charge in [-0.15, -0.1) is 0 Å². The summed E-state index contributed by atoms with van der Waals surface area (Å²) in [5, 5.41) is 5.57. The van der Waals surface area contributed by atoms with Crippen LogP contribution in [0.2, 0.25) is 5.02 Å². The molecule has 0 spiro atoms. The third-order valence-corrected chi connectivity index (χ3v) is 4.33. The first-order valence-corrected chi connectivity index (χ1v) is 8.25. The van der Waals surface area contributed by atoms with E-state index in [4.69, 9.17) is 16.3 Å². The molecule has 1 aliphatic rings. The van der Waals surface area contributed by atoms with E-state index in [0.29, 0.717) is 6.10 Å². The van der Waals surface area contributed by atoms with Crippen LogP contribution in [0.25, 0.3) is 10.9 Å². The molecule has 3 rings (SSSR count). The first-order chi connectivity index (χ1) is 10.3. The van der Waals surface area contributed by atoms with Gasteiger partial charge in [0.1, 0.15) is 0 Å². The van der Waals surface area contributed by atoms with E-state index >= 15 is 0 Å². The fraction of sp³-hybridized carbons (Fsp3) is 0.529. The molecule has 0 radical (unpaired) electrons. The zero-order chi connectivity index (χ0) is 14.7. The fourth-order valence-electron chi connectivity index (χ4n) is 3.04. The van der Waals surface area contributed by atoms with E-state index in [9.17, 15) is 0 Å². The van der Waals surface area contributed by atoms with E-state index in [1.807, 2.05) is 6.07 Å². The molecular formula is C17H23ClN2O. The predicted octanol–water partition coefficient (Wildman–Crippen LogP) is 3.97. The monoisotopic (exact) mass is 306 g/mol. The van der Waals surface area contributed by atoms with Crippen LogP contribution in [0.15, 0.2) is 24.4 Å². The fourth-order valence-corrected chi connectivity index (χ4v) is 3.21. The van der Waals surface area contributed by atoms with Gasteiger partial charge < -0.3 is 14.6 Å². The molecule has 1 aromatic carbocycles. The molecule has 2 aromatic rings. The van der Waals surface area contributed by atoms with Crippen LogP contribution in [0.1, 0.15) is 31.7 Å². The van der Waals surface area contributed by atoms with Crippen LogP contribution in [0.3, 0.4) is 0 Å². The smallest absolute Gasteiger partial charge is 0.0754 e. The second-order valence-corrected chi connectivity index (χ2v) is 6.22. The lowest BCUT2D eigenvalue weighted by Gasteiger charge is -2.11. The van der Waals surface area contributed by atoms with Crippen molar-refractivity contribution in [3.63, 3.8) is 0 Å². The van der Waals surface area contributed by atoms with Gasteiger partial charge in [0.15, 0.2) is 0 Å². The number of rotatable bonds is 6. The van der Waals surface area contributed by atoms with Crippen LogP contribution in [-0.4, -0.2) is 23.8 Å². The Balaban J connectivity index is 1.88. The number of halogens is 1. The molecule has 0 amide bonds. The average Bonchev–Trinajstić information content (AvgIpc) is 3.09. The molecule has 1 unspecified atom stereocenters. The minimum Gasteiger partial charge on any atom is -0.376 e. The van der Waals surface area contributed by atoms with E-state index in [2.05, 4.69) is 35.1 Å². The molecule has 1 saturated heterocycles. The number of hydrogen-bond acceptors (Lipinski definition) is 2. The normalized spacial score (nSPS) is 18.7. The summed E-state index contributed by atoms with van der Waals surface area (Å²) in [5.74, 6) is 0. The number of benzene rings is 1. The zero-order valence-corrected chi connectivity index (χ0v) is 13.3. The number of fused-ring (bicyclic) bond motifs is 1. The van der Waals surface area contributed by atoms with Crippen LogP contribution < -0.4 is 5.32 Å². The van der Waals surface area contributed by atoms with Crippen LogP contribution in [0, 0.1) is 0 Å². The van der Waals surface area contributed by atoms with Gasteiger partial charge in [-0.05, 0) is 43.5 Å². The van der Waals surface area contributed by atoms with Gasteiger partial charge in [0, 0.05) is 41.8 Å². The molecule has 1 N–H and O–H groups in total. The number of aromatic nitrogens is 1. The molecule has 3 nitrogen and oxygen atoms in total. The predicted molar refractivity (Wildman–Crippen MR) is 87.9 cm³/mol. The first kappa shape index (κ1) is 14.9. The van der Waals surface area contributed by atoms with Gasteiger partial charge in [0.2, 0.25) is 0 Å². The highest BCUT2D eigenvalue weighted by Gasteiger charge is 2.18. The summed E-state index contributed by atoms with van der Waals surface area (Å²) < 4.78 is 8.08. The van der Waals surface area contributed by atoms with Crippen LogP contribution in [-0.2, 0) is 17.8 Å². The van der Waals surface area contributed by atoms with Crippen LogP contribution in [0.4, 0.5) is 0 Å². The lowest BCUT2D eigenvalue weighted by molar-refractivity contribution is 0.0980. The van der Waals surface area contributed by atoms with Gasteiger partial charge in [-0.25, -0.2) is 0 Å². The van der Waals surface area contributed by atoms with Crippen molar-refractivity contribution in [1.29, 1.82) is 0 Å². The first-order valence-electron chi connectivity index (χ1n) is 7.87. The summed E-state index contributed by atoms with van der Waals surface area (Å²) in [7, 11) is 0. The molecule has 1 aliphatic heterocycles. The SMILES string of the molecule is CCCNCc1cn(CC2CCCO2)c2cc(Cl)ccc12. The molecule has 0 saturated carbocycles. The van der Waals surface area contributed by atoms with Crippen molar-refractivity contribution in [3.8, 4) is 0 Å². The summed E-state index contributed by atoms with van der Waals surface area (Å²) in [4.78, 5) is 0. The standard InChI is InChI=1S/C17H23ClN2O/c1-2-7-19-10-13-11-20(12-15-4-3-8-21-15)17-9-14(18)5-6-16(13)17/h5-6,9,11,15,19H,2-4,7-8,10,12H2,1H3. The molecule has 2 heterocycles. The summed E-state index contributed by atoms with van der Waals surface area (Å²) in [6.07, 6.45) is 6.08. The molecule has 1 atom stereocenters. The molecule has 1 fully saturated rings. The topological polar surface area (TPSA) is 26.2 Å². The zero-order valence-electron chi connectivity index (χ0n) is 12.6. The van der Waals surface area contributed by atoms with E-state index in [1.165, 1.54) is 22.9 Å². The molecule has 21 heavy (non-hydrogen) atoms. The van der Waals surface area contributed by atoms with Crippen LogP contribution in [0.5, 0.6) is 0 Å². The second-order valence-electron chi connectivity index (χ2n) is 5.78. The Hall–Kier alpha value is -1.03. The third kappa shape index (κ3) is 3.42. The number of hydrogen-bond donors (Lipinski definition) is 1. The minimum absolute atomic E-state index is 0.344. The highest BCUT2D eigenvalue weighted by Crippen LogP contribution is 2.26. The average molecular weight is 307 g/mol. The molecule has 114 valence electrons. The minimum atomic E-state index is 0.344. The largest absolute Gasteiger partial charge is 0.376 e.